The maximum absolute atomic E-state index is 13.3. The van der Waals surface area contributed by atoms with Crippen molar-refractivity contribution in [3.05, 3.63) is 95.6 Å². The number of hydrogen-bond donors (Lipinski definition) is 3. The third-order valence-electron chi connectivity index (χ3n) is 7.28. The third kappa shape index (κ3) is 5.39. The van der Waals surface area contributed by atoms with Crippen LogP contribution in [0.15, 0.2) is 83.3 Å². The van der Waals surface area contributed by atoms with Gasteiger partial charge in [0.2, 0.25) is 0 Å². The Bertz CT molecular complexity index is 1790. The van der Waals surface area contributed by atoms with Gasteiger partial charge in [-0.05, 0) is 86.5 Å². The summed E-state index contributed by atoms with van der Waals surface area (Å²) in [6, 6.07) is 23.8. The largest absolute Gasteiger partial charge is 0.507 e. The molecule has 5 aromatic rings. The number of primary amides is 1. The van der Waals surface area contributed by atoms with E-state index in [0.29, 0.717) is 52.3 Å². The number of furan rings is 1. The van der Waals surface area contributed by atoms with Crippen molar-refractivity contribution in [3.8, 4) is 39.7 Å². The van der Waals surface area contributed by atoms with Gasteiger partial charge in [0.25, 0.3) is 11.8 Å². The lowest BCUT2D eigenvalue weighted by atomic mass is 9.96. The smallest absolute Gasteiger partial charge is 0.255 e. The molecule has 214 valence electrons. The molecule has 4 aromatic carbocycles. The van der Waals surface area contributed by atoms with Gasteiger partial charge in [0.1, 0.15) is 28.6 Å². The summed E-state index contributed by atoms with van der Waals surface area (Å²) in [4.78, 5) is 27.5. The molecule has 0 saturated heterocycles. The number of hydrogen-bond acceptors (Lipinski definition) is 6. The van der Waals surface area contributed by atoms with Crippen LogP contribution in [0.1, 0.15) is 40.1 Å². The van der Waals surface area contributed by atoms with Crippen molar-refractivity contribution in [1.82, 2.24) is 5.32 Å². The standard InChI is InChI=1S/C34H33N3O5/c1-5-37(6-2)28-19-30-27(18-25(28)22-12-15-29(38)26(17-22)33(35)39)31(34(40)36-4)32(42-30)21-10-13-23(14-11-21)41-24-9-7-8-20(3)16-24/h7-19,38H,5-6H2,1-4H3,(H2,35,39)(H,36,40). The molecule has 0 aliphatic heterocycles. The second-order valence-electron chi connectivity index (χ2n) is 9.96. The van der Waals surface area contributed by atoms with Crippen molar-refractivity contribution in [1.29, 1.82) is 0 Å². The Labute approximate surface area is 244 Å². The molecule has 0 spiro atoms. The highest BCUT2D eigenvalue weighted by Crippen LogP contribution is 2.42. The zero-order valence-corrected chi connectivity index (χ0v) is 24.0. The van der Waals surface area contributed by atoms with Crippen LogP contribution in [0.5, 0.6) is 17.2 Å². The molecule has 0 aliphatic rings. The van der Waals surface area contributed by atoms with Crippen LogP contribution in [-0.2, 0) is 0 Å². The highest BCUT2D eigenvalue weighted by molar-refractivity contribution is 6.13. The van der Waals surface area contributed by atoms with Gasteiger partial charge in [0, 0.05) is 48.4 Å². The maximum atomic E-state index is 13.3. The van der Waals surface area contributed by atoms with Crippen molar-refractivity contribution in [2.45, 2.75) is 20.8 Å². The van der Waals surface area contributed by atoms with Crippen molar-refractivity contribution in [2.75, 3.05) is 25.0 Å². The zero-order chi connectivity index (χ0) is 30.0. The molecule has 0 bridgehead atoms. The topological polar surface area (TPSA) is 118 Å². The average molecular weight is 564 g/mol. The monoisotopic (exact) mass is 563 g/mol. The van der Waals surface area contributed by atoms with Gasteiger partial charge in [0.05, 0.1) is 11.1 Å². The summed E-state index contributed by atoms with van der Waals surface area (Å²) >= 11 is 0. The van der Waals surface area contributed by atoms with E-state index in [-0.39, 0.29) is 17.2 Å². The second-order valence-corrected chi connectivity index (χ2v) is 9.96. The Balaban J connectivity index is 1.67. The van der Waals surface area contributed by atoms with Gasteiger partial charge in [-0.15, -0.1) is 0 Å². The Morgan fingerprint density at radius 3 is 2.29 bits per heavy atom. The van der Waals surface area contributed by atoms with Gasteiger partial charge in [-0.2, -0.15) is 0 Å². The van der Waals surface area contributed by atoms with Crippen LogP contribution < -0.4 is 20.7 Å². The van der Waals surface area contributed by atoms with E-state index in [1.54, 1.807) is 19.2 Å². The number of nitrogens with zero attached hydrogens (tertiary/aromatic N) is 1. The second kappa shape index (κ2) is 11.7. The Hall–Kier alpha value is -5.24. The molecule has 42 heavy (non-hydrogen) atoms. The quantitative estimate of drug-likeness (QED) is 0.180. The molecule has 1 heterocycles. The van der Waals surface area contributed by atoms with Gasteiger partial charge < -0.3 is 30.2 Å². The third-order valence-corrected chi connectivity index (χ3v) is 7.28. The van der Waals surface area contributed by atoms with Crippen LogP contribution in [0.25, 0.3) is 33.4 Å². The van der Waals surface area contributed by atoms with Crippen LogP contribution in [0.3, 0.4) is 0 Å². The summed E-state index contributed by atoms with van der Waals surface area (Å²) in [5.41, 5.74) is 10.6. The molecule has 0 unspecified atom stereocenters. The van der Waals surface area contributed by atoms with E-state index in [9.17, 15) is 14.7 Å². The van der Waals surface area contributed by atoms with Crippen molar-refractivity contribution < 1.29 is 23.8 Å². The van der Waals surface area contributed by atoms with E-state index in [1.165, 1.54) is 6.07 Å². The first-order valence-electron chi connectivity index (χ1n) is 13.8. The van der Waals surface area contributed by atoms with E-state index < -0.39 is 5.91 Å². The number of anilines is 1. The number of ether oxygens (including phenoxy) is 1. The maximum Gasteiger partial charge on any atom is 0.255 e. The normalized spacial score (nSPS) is 11.0. The first-order valence-corrected chi connectivity index (χ1v) is 13.8. The Morgan fingerprint density at radius 1 is 0.929 bits per heavy atom. The number of aryl methyl sites for hydroxylation is 1. The molecule has 0 radical (unpaired) electrons. The van der Waals surface area contributed by atoms with Gasteiger partial charge in [0.15, 0.2) is 0 Å². The van der Waals surface area contributed by atoms with Gasteiger partial charge in [-0.25, -0.2) is 0 Å². The lowest BCUT2D eigenvalue weighted by Crippen LogP contribution is -2.22. The number of aromatic hydroxyl groups is 1. The summed E-state index contributed by atoms with van der Waals surface area (Å²) in [5, 5.41) is 13.6. The van der Waals surface area contributed by atoms with Crippen LogP contribution in [-0.4, -0.2) is 37.1 Å². The van der Waals surface area contributed by atoms with Crippen molar-refractivity contribution in [3.63, 3.8) is 0 Å². The molecule has 5 rings (SSSR count). The Kier molecular flexibility index (Phi) is 7.88. The number of amides is 2. The van der Waals surface area contributed by atoms with E-state index in [1.807, 2.05) is 81.4 Å². The lowest BCUT2D eigenvalue weighted by molar-refractivity contribution is 0.0962. The van der Waals surface area contributed by atoms with Gasteiger partial charge in [-0.3, -0.25) is 9.59 Å². The first-order chi connectivity index (χ1) is 20.2. The molecule has 4 N–H and O–H groups in total. The number of rotatable bonds is 9. The number of nitrogens with two attached hydrogens (primary N) is 1. The minimum atomic E-state index is -0.730. The molecule has 0 fully saturated rings. The number of nitrogens with one attached hydrogen (secondary N) is 1. The molecule has 8 heteroatoms. The molecule has 8 nitrogen and oxygen atoms in total. The lowest BCUT2D eigenvalue weighted by Gasteiger charge is -2.24. The molecule has 0 saturated carbocycles. The fraction of sp³-hybridized carbons (Fsp3) is 0.176. The number of benzene rings is 4. The van der Waals surface area contributed by atoms with E-state index in [2.05, 4.69) is 10.2 Å². The fourth-order valence-electron chi connectivity index (χ4n) is 5.13. The number of carbonyl (C=O) groups excluding carboxylic acids is 2. The van der Waals surface area contributed by atoms with Gasteiger partial charge >= 0.3 is 0 Å². The van der Waals surface area contributed by atoms with Crippen molar-refractivity contribution >= 4 is 28.5 Å². The summed E-state index contributed by atoms with van der Waals surface area (Å²) in [7, 11) is 1.58. The summed E-state index contributed by atoms with van der Waals surface area (Å²) in [6.45, 7) is 7.54. The van der Waals surface area contributed by atoms with E-state index in [4.69, 9.17) is 14.9 Å². The number of carbonyl (C=O) groups is 2. The summed E-state index contributed by atoms with van der Waals surface area (Å²) in [5.74, 6) is 0.606. The highest BCUT2D eigenvalue weighted by Gasteiger charge is 2.25. The summed E-state index contributed by atoms with van der Waals surface area (Å²) < 4.78 is 12.4. The summed E-state index contributed by atoms with van der Waals surface area (Å²) in [6.07, 6.45) is 0. The number of fused-ring (bicyclic) bond motifs is 1. The highest BCUT2D eigenvalue weighted by atomic mass is 16.5. The van der Waals surface area contributed by atoms with Crippen LogP contribution >= 0.6 is 0 Å². The predicted molar refractivity (Wildman–Crippen MR) is 165 cm³/mol. The molecular formula is C34H33N3O5. The van der Waals surface area contributed by atoms with Crippen LogP contribution in [0.2, 0.25) is 0 Å². The molecular weight excluding hydrogens is 530 g/mol. The zero-order valence-electron chi connectivity index (χ0n) is 24.0. The average Bonchev–Trinajstić information content (AvgIpc) is 3.36. The SMILES string of the molecule is CCN(CC)c1cc2oc(-c3ccc(Oc4cccc(C)c4)cc3)c(C(=O)NC)c2cc1-c1ccc(O)c(C(N)=O)c1. The van der Waals surface area contributed by atoms with Crippen molar-refractivity contribution in [2.24, 2.45) is 5.73 Å². The predicted octanol–water partition coefficient (Wildman–Crippen LogP) is 6.88. The molecule has 0 atom stereocenters. The minimum Gasteiger partial charge on any atom is -0.507 e. The van der Waals surface area contributed by atoms with Crippen LogP contribution in [0, 0.1) is 6.92 Å². The van der Waals surface area contributed by atoms with Crippen LogP contribution in [0.4, 0.5) is 5.69 Å². The number of phenols is 1. The minimum absolute atomic E-state index is 0.0190. The molecule has 2 amide bonds. The fourth-order valence-corrected chi connectivity index (χ4v) is 5.13. The Morgan fingerprint density at radius 2 is 1.64 bits per heavy atom. The van der Waals surface area contributed by atoms with E-state index >= 15 is 0 Å². The molecule has 0 aliphatic carbocycles. The van der Waals surface area contributed by atoms with E-state index in [0.717, 1.165) is 22.6 Å². The molecule has 1 aromatic heterocycles. The van der Waals surface area contributed by atoms with Gasteiger partial charge in [-0.1, -0.05) is 18.2 Å². The first kappa shape index (κ1) is 28.3.